The summed E-state index contributed by atoms with van der Waals surface area (Å²) in [7, 11) is 0. The molecule has 2 N–H and O–H groups in total. The maximum Gasteiger partial charge on any atom is 0.248 e. The number of aromatic nitrogens is 2. The number of aryl methyl sites for hydroxylation is 1. The van der Waals surface area contributed by atoms with Crippen LogP contribution in [0.2, 0.25) is 5.02 Å². The van der Waals surface area contributed by atoms with E-state index in [4.69, 9.17) is 21.6 Å². The molecule has 1 saturated carbocycles. The van der Waals surface area contributed by atoms with Crippen LogP contribution in [-0.4, -0.2) is 39.7 Å². The van der Waals surface area contributed by atoms with E-state index >= 15 is 0 Å². The number of anilines is 2. The molecule has 1 aliphatic heterocycles. The van der Waals surface area contributed by atoms with Crippen molar-refractivity contribution >= 4 is 46.1 Å². The van der Waals surface area contributed by atoms with Crippen LogP contribution in [0.25, 0.3) is 17.0 Å². The van der Waals surface area contributed by atoms with Crippen LogP contribution in [0.4, 0.5) is 11.6 Å². The van der Waals surface area contributed by atoms with Gasteiger partial charge in [0.15, 0.2) is 0 Å². The largest absolute Gasteiger partial charge is 0.389 e. The maximum absolute atomic E-state index is 12.4. The molecule has 0 atom stereocenters. The quantitative estimate of drug-likeness (QED) is 0.522. The standard InChI is InChI=1S/C26H27ClN4O2/c1-17-22-16-21(29-24(32)11-4-18-2-7-20(27)8-3-18)9-10-23(22)30-25(28-17)31-14-12-26(33,13-15-31)19-5-6-19/h2-4,7-11,16,19,33H,5-6,12-15H2,1H3,(H,29,32)/b11-4+. The Labute approximate surface area is 198 Å². The highest BCUT2D eigenvalue weighted by molar-refractivity contribution is 6.30. The van der Waals surface area contributed by atoms with Gasteiger partial charge in [-0.3, -0.25) is 4.79 Å². The molecule has 2 aromatic carbocycles. The van der Waals surface area contributed by atoms with E-state index in [1.807, 2.05) is 37.3 Å². The molecule has 6 nitrogen and oxygen atoms in total. The summed E-state index contributed by atoms with van der Waals surface area (Å²) < 4.78 is 0. The Morgan fingerprint density at radius 2 is 1.88 bits per heavy atom. The molecule has 1 aromatic heterocycles. The number of aliphatic hydroxyl groups is 1. The zero-order chi connectivity index (χ0) is 23.0. The fourth-order valence-corrected chi connectivity index (χ4v) is 4.66. The molecule has 170 valence electrons. The van der Waals surface area contributed by atoms with Crippen molar-refractivity contribution in [1.82, 2.24) is 9.97 Å². The fourth-order valence-electron chi connectivity index (χ4n) is 4.54. The van der Waals surface area contributed by atoms with Crippen LogP contribution >= 0.6 is 11.6 Å². The number of fused-ring (bicyclic) bond motifs is 1. The average Bonchev–Trinajstić information content (AvgIpc) is 3.66. The second-order valence-electron chi connectivity index (χ2n) is 9.08. The minimum atomic E-state index is -0.502. The van der Waals surface area contributed by atoms with Gasteiger partial charge in [0.1, 0.15) is 0 Å². The molecule has 0 spiro atoms. The van der Waals surface area contributed by atoms with Crippen LogP contribution < -0.4 is 10.2 Å². The van der Waals surface area contributed by atoms with E-state index in [0.717, 1.165) is 60.9 Å². The van der Waals surface area contributed by atoms with Gasteiger partial charge < -0.3 is 15.3 Å². The summed E-state index contributed by atoms with van der Waals surface area (Å²) in [5, 5.41) is 15.3. The number of nitrogens with one attached hydrogen (secondary N) is 1. The lowest BCUT2D eigenvalue weighted by Crippen LogP contribution is -2.46. The van der Waals surface area contributed by atoms with Gasteiger partial charge in [0, 0.05) is 35.3 Å². The number of hydrogen-bond donors (Lipinski definition) is 2. The third-order valence-corrected chi connectivity index (χ3v) is 6.94. The van der Waals surface area contributed by atoms with E-state index in [0.29, 0.717) is 22.6 Å². The molecule has 33 heavy (non-hydrogen) atoms. The van der Waals surface area contributed by atoms with E-state index < -0.39 is 5.60 Å². The van der Waals surface area contributed by atoms with Crippen LogP contribution in [0.5, 0.6) is 0 Å². The molecule has 2 aliphatic rings. The molecule has 0 bridgehead atoms. The van der Waals surface area contributed by atoms with Crippen molar-refractivity contribution in [2.75, 3.05) is 23.3 Å². The summed E-state index contributed by atoms with van der Waals surface area (Å²) in [5.74, 6) is 0.977. The van der Waals surface area contributed by atoms with Gasteiger partial charge in [-0.25, -0.2) is 9.97 Å². The third kappa shape index (κ3) is 4.87. The normalized spacial score (nSPS) is 18.1. The number of rotatable bonds is 5. The van der Waals surface area contributed by atoms with Crippen LogP contribution in [0.15, 0.2) is 48.5 Å². The SMILES string of the molecule is Cc1nc(N2CCC(O)(C3CC3)CC2)nc2ccc(NC(=O)/C=C/c3ccc(Cl)cc3)cc12. The summed E-state index contributed by atoms with van der Waals surface area (Å²) in [6.07, 6.45) is 7.09. The van der Waals surface area contributed by atoms with Gasteiger partial charge in [-0.05, 0) is 80.5 Å². The van der Waals surface area contributed by atoms with Gasteiger partial charge in [0.2, 0.25) is 11.9 Å². The van der Waals surface area contributed by atoms with Crippen LogP contribution in [0.3, 0.4) is 0 Å². The second-order valence-corrected chi connectivity index (χ2v) is 9.52. The van der Waals surface area contributed by atoms with Crippen LogP contribution in [-0.2, 0) is 4.79 Å². The molecule has 1 aliphatic carbocycles. The third-order valence-electron chi connectivity index (χ3n) is 6.69. The first-order chi connectivity index (χ1) is 15.9. The molecule has 7 heteroatoms. The van der Waals surface area contributed by atoms with Crippen LogP contribution in [0, 0.1) is 12.8 Å². The lowest BCUT2D eigenvalue weighted by Gasteiger charge is -2.38. The van der Waals surface area contributed by atoms with E-state index in [-0.39, 0.29) is 5.91 Å². The summed E-state index contributed by atoms with van der Waals surface area (Å²) in [6, 6.07) is 13.0. The van der Waals surface area contributed by atoms with E-state index in [1.165, 1.54) is 6.08 Å². The summed E-state index contributed by atoms with van der Waals surface area (Å²) in [4.78, 5) is 24.0. The zero-order valence-corrected chi connectivity index (χ0v) is 19.3. The highest BCUT2D eigenvalue weighted by atomic mass is 35.5. The Balaban J connectivity index is 1.28. The van der Waals surface area contributed by atoms with Crippen molar-refractivity contribution in [3.05, 3.63) is 64.8 Å². The van der Waals surface area contributed by atoms with Crippen molar-refractivity contribution in [3.8, 4) is 0 Å². The van der Waals surface area contributed by atoms with Crippen molar-refractivity contribution < 1.29 is 9.90 Å². The predicted molar refractivity (Wildman–Crippen MR) is 133 cm³/mol. The predicted octanol–water partition coefficient (Wildman–Crippen LogP) is 4.98. The number of nitrogens with zero attached hydrogens (tertiary/aromatic N) is 3. The van der Waals surface area contributed by atoms with Crippen molar-refractivity contribution in [2.24, 2.45) is 5.92 Å². The molecule has 1 saturated heterocycles. The van der Waals surface area contributed by atoms with E-state index in [1.54, 1.807) is 18.2 Å². The maximum atomic E-state index is 12.4. The Morgan fingerprint density at radius 3 is 2.58 bits per heavy atom. The van der Waals surface area contributed by atoms with Crippen molar-refractivity contribution in [3.63, 3.8) is 0 Å². The molecule has 5 rings (SSSR count). The fraction of sp³-hybridized carbons (Fsp3) is 0.346. The Bertz CT molecular complexity index is 1210. The van der Waals surface area contributed by atoms with Gasteiger partial charge in [-0.1, -0.05) is 23.7 Å². The molecule has 0 radical (unpaired) electrons. The Kier molecular flexibility index (Phi) is 5.81. The first-order valence-corrected chi connectivity index (χ1v) is 11.8. The molecule has 0 unspecified atom stereocenters. The Hall–Kier alpha value is -2.96. The summed E-state index contributed by atoms with van der Waals surface area (Å²) in [5.41, 5.74) is 2.80. The minimum Gasteiger partial charge on any atom is -0.389 e. The number of hydrogen-bond acceptors (Lipinski definition) is 5. The van der Waals surface area contributed by atoms with E-state index in [2.05, 4.69) is 10.2 Å². The lowest BCUT2D eigenvalue weighted by molar-refractivity contribution is -0.111. The average molecular weight is 463 g/mol. The molecule has 1 amide bonds. The first-order valence-electron chi connectivity index (χ1n) is 11.4. The summed E-state index contributed by atoms with van der Waals surface area (Å²) >= 11 is 5.89. The molecule has 2 fully saturated rings. The minimum absolute atomic E-state index is 0.212. The lowest BCUT2D eigenvalue weighted by atomic mass is 9.87. The zero-order valence-electron chi connectivity index (χ0n) is 18.6. The number of halogens is 1. The molecule has 2 heterocycles. The number of piperidine rings is 1. The number of benzene rings is 2. The van der Waals surface area contributed by atoms with Gasteiger partial charge in [-0.2, -0.15) is 0 Å². The highest BCUT2D eigenvalue weighted by Gasteiger charge is 2.45. The second kappa shape index (κ2) is 8.76. The smallest absolute Gasteiger partial charge is 0.248 e. The highest BCUT2D eigenvalue weighted by Crippen LogP contribution is 2.45. The molecular weight excluding hydrogens is 436 g/mol. The molecular formula is C26H27ClN4O2. The van der Waals surface area contributed by atoms with Gasteiger partial charge in [0.05, 0.1) is 16.8 Å². The number of carbonyl (C=O) groups is 1. The van der Waals surface area contributed by atoms with Gasteiger partial charge in [0.25, 0.3) is 0 Å². The number of amides is 1. The summed E-state index contributed by atoms with van der Waals surface area (Å²) in [6.45, 7) is 3.50. The van der Waals surface area contributed by atoms with Crippen molar-refractivity contribution in [2.45, 2.75) is 38.2 Å². The van der Waals surface area contributed by atoms with Crippen molar-refractivity contribution in [1.29, 1.82) is 0 Å². The van der Waals surface area contributed by atoms with Gasteiger partial charge >= 0.3 is 0 Å². The molecule has 3 aromatic rings. The number of carbonyl (C=O) groups excluding carboxylic acids is 1. The monoisotopic (exact) mass is 462 g/mol. The topological polar surface area (TPSA) is 78.3 Å². The van der Waals surface area contributed by atoms with Crippen LogP contribution in [0.1, 0.15) is 36.9 Å². The van der Waals surface area contributed by atoms with Gasteiger partial charge in [-0.15, -0.1) is 0 Å². The first kappa shape index (κ1) is 21.9. The Morgan fingerprint density at radius 1 is 1.15 bits per heavy atom. The van der Waals surface area contributed by atoms with E-state index in [9.17, 15) is 9.90 Å².